The van der Waals surface area contributed by atoms with E-state index in [2.05, 4.69) is 44.3 Å². The lowest BCUT2D eigenvalue weighted by molar-refractivity contribution is 0.0967. The van der Waals surface area contributed by atoms with Crippen LogP contribution in [0.25, 0.3) is 0 Å². The lowest BCUT2D eigenvalue weighted by Crippen LogP contribution is -2.45. The molecular weight excluding hydrogens is 198 g/mol. The highest BCUT2D eigenvalue weighted by atomic mass is 16.3. The Morgan fingerprint density at radius 3 is 2.62 bits per heavy atom. The summed E-state index contributed by atoms with van der Waals surface area (Å²) in [6.45, 7) is 6.41. The Morgan fingerprint density at radius 1 is 1.25 bits per heavy atom. The summed E-state index contributed by atoms with van der Waals surface area (Å²) in [5.41, 5.74) is 2.65. The van der Waals surface area contributed by atoms with Gasteiger partial charge in [0.25, 0.3) is 0 Å². The third kappa shape index (κ3) is 2.45. The second-order valence-corrected chi connectivity index (χ2v) is 5.68. The number of aliphatic hydroxyl groups is 1. The van der Waals surface area contributed by atoms with Crippen molar-refractivity contribution in [1.29, 1.82) is 0 Å². The first-order valence-electron chi connectivity index (χ1n) is 6.01. The fourth-order valence-electron chi connectivity index (χ4n) is 2.38. The first-order chi connectivity index (χ1) is 7.47. The highest BCUT2D eigenvalue weighted by Gasteiger charge is 2.30. The summed E-state index contributed by atoms with van der Waals surface area (Å²) in [5.74, 6) is 0. The van der Waals surface area contributed by atoms with Gasteiger partial charge in [-0.15, -0.1) is 0 Å². The van der Waals surface area contributed by atoms with Crippen molar-refractivity contribution < 1.29 is 5.11 Å². The largest absolute Gasteiger partial charge is 0.391 e. The summed E-state index contributed by atoms with van der Waals surface area (Å²) in [4.78, 5) is 0. The Balaban J connectivity index is 2.30. The first-order valence-corrected chi connectivity index (χ1v) is 6.01. The van der Waals surface area contributed by atoms with Crippen LogP contribution < -0.4 is 5.32 Å². The number of hydrogen-bond acceptors (Lipinski definition) is 2. The molecule has 0 amide bonds. The Hall–Kier alpha value is -0.860. The number of nitrogens with one attached hydrogen (secondary N) is 1. The average Bonchev–Trinajstić information content (AvgIpc) is 2.21. The van der Waals surface area contributed by atoms with Crippen LogP contribution in [0.4, 0.5) is 0 Å². The van der Waals surface area contributed by atoms with E-state index in [1.807, 2.05) is 6.07 Å². The maximum atomic E-state index is 10.1. The van der Waals surface area contributed by atoms with Gasteiger partial charge in [-0.25, -0.2) is 0 Å². The van der Waals surface area contributed by atoms with E-state index in [0.29, 0.717) is 0 Å². The average molecular weight is 219 g/mol. The van der Waals surface area contributed by atoms with Crippen molar-refractivity contribution in [3.8, 4) is 0 Å². The summed E-state index contributed by atoms with van der Waals surface area (Å²) in [6.07, 6.45) is 1.57. The van der Waals surface area contributed by atoms with E-state index in [1.165, 1.54) is 11.1 Å². The Labute approximate surface area is 97.7 Å². The zero-order valence-electron chi connectivity index (χ0n) is 10.3. The Kier molecular flexibility index (Phi) is 3.04. The zero-order valence-corrected chi connectivity index (χ0v) is 10.3. The molecule has 1 aliphatic rings. The number of rotatable bonds is 1. The molecule has 0 heterocycles. The molecule has 0 aromatic heterocycles. The molecule has 0 saturated carbocycles. The number of hydrogen-bond donors (Lipinski definition) is 2. The minimum Gasteiger partial charge on any atom is -0.391 e. The molecule has 0 aliphatic heterocycles. The van der Waals surface area contributed by atoms with Crippen LogP contribution in [0.15, 0.2) is 24.3 Å². The third-order valence-electron chi connectivity index (χ3n) is 3.07. The van der Waals surface area contributed by atoms with E-state index >= 15 is 0 Å². The van der Waals surface area contributed by atoms with Crippen molar-refractivity contribution in [2.75, 3.05) is 0 Å². The molecule has 16 heavy (non-hydrogen) atoms. The summed E-state index contributed by atoms with van der Waals surface area (Å²) in [5, 5.41) is 13.6. The molecule has 2 N–H and O–H groups in total. The molecule has 2 unspecified atom stereocenters. The summed E-state index contributed by atoms with van der Waals surface area (Å²) in [6, 6.07) is 8.49. The van der Waals surface area contributed by atoms with E-state index in [9.17, 15) is 5.11 Å². The topological polar surface area (TPSA) is 32.3 Å². The van der Waals surface area contributed by atoms with Crippen molar-refractivity contribution in [2.24, 2.45) is 0 Å². The fraction of sp³-hybridized carbons (Fsp3) is 0.571. The molecule has 0 fully saturated rings. The van der Waals surface area contributed by atoms with Crippen LogP contribution in [0.3, 0.4) is 0 Å². The molecule has 1 aromatic carbocycles. The summed E-state index contributed by atoms with van der Waals surface area (Å²) < 4.78 is 0. The highest BCUT2D eigenvalue weighted by molar-refractivity contribution is 5.33. The summed E-state index contributed by atoms with van der Waals surface area (Å²) in [7, 11) is 0. The predicted octanol–water partition coefficient (Wildman–Crippen LogP) is 2.42. The molecule has 2 nitrogen and oxygen atoms in total. The molecule has 0 radical (unpaired) electrons. The maximum Gasteiger partial charge on any atom is 0.0738 e. The highest BCUT2D eigenvalue weighted by Crippen LogP contribution is 2.31. The Morgan fingerprint density at radius 2 is 1.94 bits per heavy atom. The first kappa shape index (κ1) is 11.6. The minimum absolute atomic E-state index is 0.0239. The lowest BCUT2D eigenvalue weighted by atomic mass is 9.84. The molecule has 0 spiro atoms. The van der Waals surface area contributed by atoms with Gasteiger partial charge in [0.2, 0.25) is 0 Å². The van der Waals surface area contributed by atoms with Crippen molar-refractivity contribution in [3.63, 3.8) is 0 Å². The van der Waals surface area contributed by atoms with Gasteiger partial charge in [0.15, 0.2) is 0 Å². The van der Waals surface area contributed by atoms with E-state index in [0.717, 1.165) is 12.8 Å². The molecular formula is C14H21NO. The van der Waals surface area contributed by atoms with Crippen LogP contribution in [0.2, 0.25) is 0 Å². The van der Waals surface area contributed by atoms with Gasteiger partial charge in [-0.2, -0.15) is 0 Å². The minimum atomic E-state index is -0.269. The number of benzene rings is 1. The van der Waals surface area contributed by atoms with Crippen LogP contribution in [0.5, 0.6) is 0 Å². The summed E-state index contributed by atoms with van der Waals surface area (Å²) >= 11 is 0. The number of aryl methyl sites for hydroxylation is 1. The number of fused-ring (bicyclic) bond motifs is 1. The van der Waals surface area contributed by atoms with E-state index in [1.54, 1.807) is 0 Å². The molecule has 2 atom stereocenters. The van der Waals surface area contributed by atoms with Crippen LogP contribution in [0.1, 0.15) is 44.4 Å². The second kappa shape index (κ2) is 4.19. The second-order valence-electron chi connectivity index (χ2n) is 5.68. The molecule has 88 valence electrons. The normalized spacial score (nSPS) is 25.2. The van der Waals surface area contributed by atoms with E-state index < -0.39 is 0 Å². The maximum absolute atomic E-state index is 10.1. The van der Waals surface area contributed by atoms with Crippen LogP contribution >= 0.6 is 0 Å². The third-order valence-corrected chi connectivity index (χ3v) is 3.07. The SMILES string of the molecule is CC(C)(C)NC1c2ccccc2CCC1O. The fourth-order valence-corrected chi connectivity index (χ4v) is 2.38. The smallest absolute Gasteiger partial charge is 0.0738 e. The van der Waals surface area contributed by atoms with Crippen LogP contribution in [-0.4, -0.2) is 16.7 Å². The van der Waals surface area contributed by atoms with Gasteiger partial charge >= 0.3 is 0 Å². The number of aliphatic hydroxyl groups excluding tert-OH is 1. The zero-order chi connectivity index (χ0) is 11.8. The van der Waals surface area contributed by atoms with Gasteiger partial charge in [-0.1, -0.05) is 24.3 Å². The predicted molar refractivity (Wildman–Crippen MR) is 66.4 cm³/mol. The van der Waals surface area contributed by atoms with E-state index in [-0.39, 0.29) is 17.7 Å². The van der Waals surface area contributed by atoms with Crippen molar-refractivity contribution in [2.45, 2.75) is 51.3 Å². The standard InChI is InChI=1S/C14H21NO/c1-14(2,3)15-13-11-7-5-4-6-10(11)8-9-12(13)16/h4-7,12-13,15-16H,8-9H2,1-3H3. The monoisotopic (exact) mass is 219 g/mol. The van der Waals surface area contributed by atoms with Crippen LogP contribution in [-0.2, 0) is 6.42 Å². The van der Waals surface area contributed by atoms with Gasteiger partial charge in [-0.05, 0) is 44.7 Å². The van der Waals surface area contributed by atoms with Crippen molar-refractivity contribution in [1.82, 2.24) is 5.32 Å². The molecule has 1 aliphatic carbocycles. The molecule has 2 rings (SSSR count). The van der Waals surface area contributed by atoms with Crippen molar-refractivity contribution in [3.05, 3.63) is 35.4 Å². The molecule has 0 saturated heterocycles. The molecule has 1 aromatic rings. The van der Waals surface area contributed by atoms with Gasteiger partial charge < -0.3 is 10.4 Å². The molecule has 0 bridgehead atoms. The van der Waals surface area contributed by atoms with Crippen LogP contribution in [0, 0.1) is 0 Å². The van der Waals surface area contributed by atoms with E-state index in [4.69, 9.17) is 0 Å². The van der Waals surface area contributed by atoms with Crippen molar-refractivity contribution >= 4 is 0 Å². The van der Waals surface area contributed by atoms with Gasteiger partial charge in [0, 0.05) is 5.54 Å². The lowest BCUT2D eigenvalue weighted by Gasteiger charge is -2.36. The Bertz CT molecular complexity index is 367. The molecule has 2 heteroatoms. The van der Waals surface area contributed by atoms with Gasteiger partial charge in [0.1, 0.15) is 0 Å². The quantitative estimate of drug-likeness (QED) is 0.760. The van der Waals surface area contributed by atoms with Gasteiger partial charge in [0.05, 0.1) is 12.1 Å². The van der Waals surface area contributed by atoms with Gasteiger partial charge in [-0.3, -0.25) is 0 Å².